The zero-order valence-electron chi connectivity index (χ0n) is 10.9. The van der Waals surface area contributed by atoms with E-state index in [4.69, 9.17) is 9.47 Å². The van der Waals surface area contributed by atoms with E-state index in [-0.39, 0.29) is 6.10 Å². The van der Waals surface area contributed by atoms with Crippen molar-refractivity contribution in [3.05, 3.63) is 12.2 Å². The fraction of sp³-hybridized carbons (Fsp3) is 0.769. The Balaban J connectivity index is 2.29. The first-order valence-electron chi connectivity index (χ1n) is 6.27. The summed E-state index contributed by atoms with van der Waals surface area (Å²) in [5.74, 6) is -1.29. The highest BCUT2D eigenvalue weighted by Crippen LogP contribution is 2.39. The first kappa shape index (κ1) is 13.5. The van der Waals surface area contributed by atoms with Crippen LogP contribution in [0.2, 0.25) is 0 Å². The standard InChI is InChI=1S/C13H20O5/c1-4-5-13(3)11(15)10(14)9-8(18-13)6-7(2)17-12(9)16/h4-5,7-11,14-15H,6H2,1-3H3. The molecule has 2 rings (SSSR count). The van der Waals surface area contributed by atoms with Crippen molar-refractivity contribution in [1.82, 2.24) is 0 Å². The van der Waals surface area contributed by atoms with E-state index in [1.165, 1.54) is 0 Å². The maximum atomic E-state index is 11.8. The van der Waals surface area contributed by atoms with Crippen molar-refractivity contribution in [2.75, 3.05) is 0 Å². The number of hydrogen-bond donors (Lipinski definition) is 2. The minimum absolute atomic E-state index is 0.226. The van der Waals surface area contributed by atoms with Crippen LogP contribution < -0.4 is 0 Å². The Morgan fingerprint density at radius 3 is 2.72 bits per heavy atom. The zero-order valence-corrected chi connectivity index (χ0v) is 10.9. The molecule has 102 valence electrons. The molecule has 0 aromatic carbocycles. The Bertz CT molecular complexity index is 366. The number of carbonyl (C=O) groups is 1. The molecule has 0 spiro atoms. The molecule has 5 heteroatoms. The lowest BCUT2D eigenvalue weighted by Gasteiger charge is -2.49. The van der Waals surface area contributed by atoms with E-state index in [0.717, 1.165) is 0 Å². The third-order valence-electron chi connectivity index (χ3n) is 3.74. The molecule has 6 atom stereocenters. The Labute approximate surface area is 106 Å². The number of allylic oxidation sites excluding steroid dienone is 1. The molecular formula is C13H20O5. The quantitative estimate of drug-likeness (QED) is 0.524. The van der Waals surface area contributed by atoms with Crippen molar-refractivity contribution in [3.63, 3.8) is 0 Å². The van der Waals surface area contributed by atoms with E-state index >= 15 is 0 Å². The van der Waals surface area contributed by atoms with Crippen LogP contribution in [0.4, 0.5) is 0 Å². The van der Waals surface area contributed by atoms with E-state index in [9.17, 15) is 15.0 Å². The van der Waals surface area contributed by atoms with E-state index < -0.39 is 35.8 Å². The molecule has 0 amide bonds. The van der Waals surface area contributed by atoms with Crippen LogP contribution in [0.25, 0.3) is 0 Å². The lowest BCUT2D eigenvalue weighted by molar-refractivity contribution is -0.250. The molecule has 0 aromatic rings. The molecule has 2 heterocycles. The molecule has 18 heavy (non-hydrogen) atoms. The van der Waals surface area contributed by atoms with Gasteiger partial charge in [0.05, 0.1) is 12.2 Å². The minimum Gasteiger partial charge on any atom is -0.462 e. The molecule has 0 aromatic heterocycles. The molecule has 6 unspecified atom stereocenters. The summed E-state index contributed by atoms with van der Waals surface area (Å²) in [7, 11) is 0. The van der Waals surface area contributed by atoms with Gasteiger partial charge in [-0.25, -0.2) is 0 Å². The number of aliphatic hydroxyl groups is 2. The van der Waals surface area contributed by atoms with Crippen LogP contribution in [-0.4, -0.2) is 46.2 Å². The van der Waals surface area contributed by atoms with Crippen LogP contribution in [0.5, 0.6) is 0 Å². The Hall–Kier alpha value is -0.910. The van der Waals surface area contributed by atoms with E-state index in [0.29, 0.717) is 6.42 Å². The third kappa shape index (κ3) is 2.06. The predicted octanol–water partition coefficient (Wildman–Crippen LogP) is 0.393. The Morgan fingerprint density at radius 1 is 1.44 bits per heavy atom. The van der Waals surface area contributed by atoms with Crippen LogP contribution in [0.1, 0.15) is 27.2 Å². The van der Waals surface area contributed by atoms with Crippen molar-refractivity contribution < 1.29 is 24.5 Å². The van der Waals surface area contributed by atoms with Crippen molar-refractivity contribution in [2.45, 2.75) is 57.2 Å². The summed E-state index contributed by atoms with van der Waals surface area (Å²) in [4.78, 5) is 11.8. The van der Waals surface area contributed by atoms with Gasteiger partial charge in [0.15, 0.2) is 0 Å². The van der Waals surface area contributed by atoms with Gasteiger partial charge in [0.25, 0.3) is 0 Å². The smallest absolute Gasteiger partial charge is 0.314 e. The van der Waals surface area contributed by atoms with E-state index in [1.807, 2.05) is 6.92 Å². The normalized spacial score (nSPS) is 48.9. The molecule has 2 saturated heterocycles. The van der Waals surface area contributed by atoms with Crippen molar-refractivity contribution >= 4 is 5.97 Å². The molecular weight excluding hydrogens is 236 g/mol. The SMILES string of the molecule is CC=CC1(C)OC2CC(C)OC(=O)C2C(O)C1O. The highest BCUT2D eigenvalue weighted by molar-refractivity contribution is 5.75. The molecule has 2 aliphatic heterocycles. The summed E-state index contributed by atoms with van der Waals surface area (Å²) in [6, 6.07) is 0. The van der Waals surface area contributed by atoms with Gasteiger partial charge in [0.2, 0.25) is 0 Å². The number of carbonyl (C=O) groups excluding carboxylic acids is 1. The molecule has 2 fully saturated rings. The van der Waals surface area contributed by atoms with Crippen molar-refractivity contribution in [2.24, 2.45) is 5.92 Å². The van der Waals surface area contributed by atoms with Gasteiger partial charge in [0.1, 0.15) is 23.7 Å². The highest BCUT2D eigenvalue weighted by Gasteiger charge is 2.55. The lowest BCUT2D eigenvalue weighted by atomic mass is 9.78. The number of hydrogen-bond acceptors (Lipinski definition) is 5. The van der Waals surface area contributed by atoms with E-state index in [1.54, 1.807) is 26.0 Å². The van der Waals surface area contributed by atoms with Crippen LogP contribution in [0.3, 0.4) is 0 Å². The zero-order chi connectivity index (χ0) is 13.5. The molecule has 0 saturated carbocycles. The molecule has 0 bridgehead atoms. The maximum Gasteiger partial charge on any atom is 0.314 e. The first-order valence-corrected chi connectivity index (χ1v) is 6.27. The number of fused-ring (bicyclic) bond motifs is 1. The van der Waals surface area contributed by atoms with Crippen LogP contribution in [0.15, 0.2) is 12.2 Å². The molecule has 0 radical (unpaired) electrons. The van der Waals surface area contributed by atoms with E-state index in [2.05, 4.69) is 0 Å². The van der Waals surface area contributed by atoms with Crippen molar-refractivity contribution in [3.8, 4) is 0 Å². The van der Waals surface area contributed by atoms with Gasteiger partial charge < -0.3 is 19.7 Å². The van der Waals surface area contributed by atoms with Gasteiger partial charge in [-0.3, -0.25) is 4.79 Å². The average molecular weight is 256 g/mol. The Kier molecular flexibility index (Phi) is 3.49. The van der Waals surface area contributed by atoms with Crippen LogP contribution in [-0.2, 0) is 14.3 Å². The van der Waals surface area contributed by atoms with Gasteiger partial charge in [-0.05, 0) is 20.8 Å². The minimum atomic E-state index is -1.16. The average Bonchev–Trinajstić information content (AvgIpc) is 2.25. The fourth-order valence-corrected chi connectivity index (χ4v) is 2.83. The second kappa shape index (κ2) is 4.64. The number of aliphatic hydroxyl groups excluding tert-OH is 2. The molecule has 5 nitrogen and oxygen atoms in total. The third-order valence-corrected chi connectivity index (χ3v) is 3.74. The summed E-state index contributed by atoms with van der Waals surface area (Å²) < 4.78 is 10.9. The monoisotopic (exact) mass is 256 g/mol. The maximum absolute atomic E-state index is 11.8. The molecule has 0 aliphatic carbocycles. The summed E-state index contributed by atoms with van der Waals surface area (Å²) in [5, 5.41) is 20.2. The largest absolute Gasteiger partial charge is 0.462 e. The second-order valence-corrected chi connectivity index (χ2v) is 5.28. The summed E-state index contributed by atoms with van der Waals surface area (Å²) in [6.07, 6.45) is 1.06. The summed E-state index contributed by atoms with van der Waals surface area (Å²) in [6.45, 7) is 5.32. The molecule has 2 N–H and O–H groups in total. The highest BCUT2D eigenvalue weighted by atomic mass is 16.6. The van der Waals surface area contributed by atoms with Crippen LogP contribution in [0, 0.1) is 5.92 Å². The predicted molar refractivity (Wildman–Crippen MR) is 63.8 cm³/mol. The van der Waals surface area contributed by atoms with Gasteiger partial charge in [-0.1, -0.05) is 12.2 Å². The number of cyclic esters (lactones) is 1. The number of esters is 1. The summed E-state index contributed by atoms with van der Waals surface area (Å²) >= 11 is 0. The van der Waals surface area contributed by atoms with Crippen LogP contribution >= 0.6 is 0 Å². The first-order chi connectivity index (χ1) is 8.39. The van der Waals surface area contributed by atoms with Gasteiger partial charge >= 0.3 is 5.97 Å². The van der Waals surface area contributed by atoms with Gasteiger partial charge in [-0.15, -0.1) is 0 Å². The number of ether oxygens (including phenoxy) is 2. The summed E-state index contributed by atoms with van der Waals surface area (Å²) in [5.41, 5.74) is -0.966. The fourth-order valence-electron chi connectivity index (χ4n) is 2.83. The molecule has 2 aliphatic rings. The Morgan fingerprint density at radius 2 is 2.11 bits per heavy atom. The topological polar surface area (TPSA) is 76.0 Å². The van der Waals surface area contributed by atoms with Gasteiger partial charge in [-0.2, -0.15) is 0 Å². The van der Waals surface area contributed by atoms with Crippen molar-refractivity contribution in [1.29, 1.82) is 0 Å². The number of rotatable bonds is 1. The van der Waals surface area contributed by atoms with Gasteiger partial charge in [0, 0.05) is 6.42 Å². The lowest BCUT2D eigenvalue weighted by Crippen LogP contribution is -2.64. The second-order valence-electron chi connectivity index (χ2n) is 5.28.